The van der Waals surface area contributed by atoms with Gasteiger partial charge in [0.2, 0.25) is 0 Å². The first-order valence-corrected chi connectivity index (χ1v) is 13.6. The number of hydrogen-bond donors (Lipinski definition) is 0. The van der Waals surface area contributed by atoms with Gasteiger partial charge in [-0.2, -0.15) is 0 Å². The standard InChI is InChI=1S/C39H33N/c1-32-20-26-37(27-21-32)40(38-28-22-35(23-29-38)18-10-8-16-33-12-4-2-5-13-33)39-30-24-36(25-31-39)19-11-9-17-34-14-6-3-7-15-34/h2-31H,1H3. The van der Waals surface area contributed by atoms with Crippen LogP contribution in [0.5, 0.6) is 0 Å². The van der Waals surface area contributed by atoms with Crippen LogP contribution in [0.2, 0.25) is 0 Å². The summed E-state index contributed by atoms with van der Waals surface area (Å²) in [7, 11) is 0. The molecular weight excluding hydrogens is 482 g/mol. The first-order valence-electron chi connectivity index (χ1n) is 13.6. The van der Waals surface area contributed by atoms with Gasteiger partial charge in [-0.1, -0.05) is 151 Å². The van der Waals surface area contributed by atoms with E-state index in [0.717, 1.165) is 28.2 Å². The van der Waals surface area contributed by atoms with E-state index in [1.54, 1.807) is 0 Å². The Morgan fingerprint density at radius 1 is 0.350 bits per heavy atom. The predicted molar refractivity (Wildman–Crippen MR) is 175 cm³/mol. The third kappa shape index (κ3) is 7.46. The minimum absolute atomic E-state index is 1.12. The lowest BCUT2D eigenvalue weighted by Gasteiger charge is -2.26. The van der Waals surface area contributed by atoms with Gasteiger partial charge in [0.15, 0.2) is 0 Å². The summed E-state index contributed by atoms with van der Waals surface area (Å²) in [6.45, 7) is 2.12. The maximum atomic E-state index is 2.30. The Balaban J connectivity index is 1.33. The highest BCUT2D eigenvalue weighted by molar-refractivity contribution is 5.78. The molecule has 0 amide bonds. The summed E-state index contributed by atoms with van der Waals surface area (Å²) in [5.41, 5.74) is 9.34. The summed E-state index contributed by atoms with van der Waals surface area (Å²) >= 11 is 0. The second kappa shape index (κ2) is 13.6. The summed E-state index contributed by atoms with van der Waals surface area (Å²) in [5.74, 6) is 0. The smallest absolute Gasteiger partial charge is 0.0462 e. The second-order valence-corrected chi connectivity index (χ2v) is 9.61. The number of benzene rings is 5. The molecule has 1 nitrogen and oxygen atoms in total. The second-order valence-electron chi connectivity index (χ2n) is 9.61. The average molecular weight is 516 g/mol. The summed E-state index contributed by atoms with van der Waals surface area (Å²) in [6, 6.07) is 46.8. The Bertz CT molecular complexity index is 1480. The van der Waals surface area contributed by atoms with Crippen molar-refractivity contribution in [2.75, 3.05) is 4.90 Å². The summed E-state index contributed by atoms with van der Waals surface area (Å²) in [5, 5.41) is 0. The quantitative estimate of drug-likeness (QED) is 0.176. The Morgan fingerprint density at radius 3 is 1.00 bits per heavy atom. The van der Waals surface area contributed by atoms with Crippen LogP contribution >= 0.6 is 0 Å². The molecule has 40 heavy (non-hydrogen) atoms. The van der Waals surface area contributed by atoms with E-state index in [4.69, 9.17) is 0 Å². The molecule has 0 aliphatic heterocycles. The molecular formula is C39H33N. The molecule has 0 aromatic heterocycles. The number of allylic oxidation sites excluding steroid dienone is 4. The molecule has 0 fully saturated rings. The third-order valence-corrected chi connectivity index (χ3v) is 6.57. The Hall–Kier alpha value is -5.14. The van der Waals surface area contributed by atoms with Crippen LogP contribution in [0.1, 0.15) is 27.8 Å². The van der Waals surface area contributed by atoms with E-state index in [1.807, 2.05) is 12.1 Å². The maximum absolute atomic E-state index is 2.30. The van der Waals surface area contributed by atoms with Gasteiger partial charge in [-0.25, -0.2) is 0 Å². The van der Waals surface area contributed by atoms with Crippen molar-refractivity contribution in [2.24, 2.45) is 0 Å². The molecule has 0 radical (unpaired) electrons. The van der Waals surface area contributed by atoms with Crippen LogP contribution in [0, 0.1) is 6.92 Å². The molecule has 0 aliphatic rings. The lowest BCUT2D eigenvalue weighted by molar-refractivity contribution is 1.27. The van der Waals surface area contributed by atoms with Gasteiger partial charge in [-0.15, -0.1) is 0 Å². The number of anilines is 3. The highest BCUT2D eigenvalue weighted by Crippen LogP contribution is 2.35. The SMILES string of the molecule is Cc1ccc(N(c2ccc(C=CC=Cc3ccccc3)cc2)c2ccc(C=CC=Cc3ccccc3)cc2)cc1. The van der Waals surface area contributed by atoms with Crippen molar-refractivity contribution >= 4 is 41.4 Å². The third-order valence-electron chi connectivity index (χ3n) is 6.57. The minimum Gasteiger partial charge on any atom is -0.311 e. The van der Waals surface area contributed by atoms with Crippen LogP contribution in [0.15, 0.2) is 158 Å². The normalized spacial score (nSPS) is 11.7. The van der Waals surface area contributed by atoms with Crippen LogP contribution in [-0.4, -0.2) is 0 Å². The van der Waals surface area contributed by atoms with Gasteiger partial charge in [0.1, 0.15) is 0 Å². The van der Waals surface area contributed by atoms with E-state index in [1.165, 1.54) is 16.7 Å². The molecule has 0 bridgehead atoms. The fourth-order valence-electron chi connectivity index (χ4n) is 4.41. The van der Waals surface area contributed by atoms with E-state index in [2.05, 4.69) is 182 Å². The first-order chi connectivity index (χ1) is 19.7. The molecule has 0 aliphatic carbocycles. The van der Waals surface area contributed by atoms with Crippen molar-refractivity contribution in [3.8, 4) is 0 Å². The highest BCUT2D eigenvalue weighted by Gasteiger charge is 2.12. The fraction of sp³-hybridized carbons (Fsp3) is 0.0256. The molecule has 5 rings (SSSR count). The largest absolute Gasteiger partial charge is 0.311 e. The number of aryl methyl sites for hydroxylation is 1. The lowest BCUT2D eigenvalue weighted by atomic mass is 10.1. The van der Waals surface area contributed by atoms with Crippen LogP contribution in [0.4, 0.5) is 17.1 Å². The van der Waals surface area contributed by atoms with Gasteiger partial charge >= 0.3 is 0 Å². The molecule has 0 saturated heterocycles. The van der Waals surface area contributed by atoms with E-state index in [-0.39, 0.29) is 0 Å². The lowest BCUT2D eigenvalue weighted by Crippen LogP contribution is -2.09. The molecule has 194 valence electrons. The van der Waals surface area contributed by atoms with Gasteiger partial charge in [-0.3, -0.25) is 0 Å². The molecule has 0 spiro atoms. The zero-order chi connectivity index (χ0) is 27.4. The van der Waals surface area contributed by atoms with Crippen molar-refractivity contribution in [1.82, 2.24) is 0 Å². The Kier molecular flexibility index (Phi) is 8.99. The van der Waals surface area contributed by atoms with Gasteiger partial charge in [0.05, 0.1) is 0 Å². The molecule has 0 unspecified atom stereocenters. The average Bonchev–Trinajstić information content (AvgIpc) is 3.01. The van der Waals surface area contributed by atoms with Gasteiger partial charge in [-0.05, 0) is 65.6 Å². The molecule has 0 heterocycles. The molecule has 1 heteroatoms. The van der Waals surface area contributed by atoms with Gasteiger partial charge in [0.25, 0.3) is 0 Å². The van der Waals surface area contributed by atoms with Gasteiger partial charge in [0, 0.05) is 17.1 Å². The maximum Gasteiger partial charge on any atom is 0.0462 e. The van der Waals surface area contributed by atoms with E-state index in [9.17, 15) is 0 Å². The van der Waals surface area contributed by atoms with Crippen molar-refractivity contribution in [3.05, 3.63) is 186 Å². The van der Waals surface area contributed by atoms with Crippen LogP contribution in [0.25, 0.3) is 24.3 Å². The highest BCUT2D eigenvalue weighted by atomic mass is 15.1. The van der Waals surface area contributed by atoms with Crippen molar-refractivity contribution in [1.29, 1.82) is 0 Å². The molecule has 0 N–H and O–H groups in total. The minimum atomic E-state index is 1.12. The van der Waals surface area contributed by atoms with Crippen LogP contribution < -0.4 is 4.90 Å². The summed E-state index contributed by atoms with van der Waals surface area (Å²) in [6.07, 6.45) is 16.8. The van der Waals surface area contributed by atoms with E-state index >= 15 is 0 Å². The van der Waals surface area contributed by atoms with Crippen LogP contribution in [0.3, 0.4) is 0 Å². The number of nitrogens with zero attached hydrogens (tertiary/aromatic N) is 1. The zero-order valence-corrected chi connectivity index (χ0v) is 22.8. The fourth-order valence-corrected chi connectivity index (χ4v) is 4.41. The van der Waals surface area contributed by atoms with Crippen molar-refractivity contribution < 1.29 is 0 Å². The zero-order valence-electron chi connectivity index (χ0n) is 22.8. The monoisotopic (exact) mass is 515 g/mol. The van der Waals surface area contributed by atoms with Crippen molar-refractivity contribution in [2.45, 2.75) is 6.92 Å². The summed E-state index contributed by atoms with van der Waals surface area (Å²) < 4.78 is 0. The first kappa shape index (κ1) is 26.5. The number of hydrogen-bond acceptors (Lipinski definition) is 1. The summed E-state index contributed by atoms with van der Waals surface area (Å²) in [4.78, 5) is 2.30. The topological polar surface area (TPSA) is 3.24 Å². The van der Waals surface area contributed by atoms with Gasteiger partial charge < -0.3 is 4.90 Å². The molecule has 0 saturated carbocycles. The van der Waals surface area contributed by atoms with E-state index in [0.29, 0.717) is 0 Å². The predicted octanol–water partition coefficient (Wildman–Crippen LogP) is 10.9. The van der Waals surface area contributed by atoms with E-state index < -0.39 is 0 Å². The molecule has 5 aromatic carbocycles. The Labute approximate surface area is 238 Å². The Morgan fingerprint density at radius 2 is 0.650 bits per heavy atom. The number of rotatable bonds is 9. The van der Waals surface area contributed by atoms with Crippen molar-refractivity contribution in [3.63, 3.8) is 0 Å². The van der Waals surface area contributed by atoms with Crippen LogP contribution in [-0.2, 0) is 0 Å². The molecule has 5 aromatic rings. The molecule has 0 atom stereocenters.